The lowest BCUT2D eigenvalue weighted by molar-refractivity contribution is 0.593. The Morgan fingerprint density at radius 3 is 2.53 bits per heavy atom. The molecule has 1 N–H and O–H groups in total. The normalized spacial score (nSPS) is 13.6. The minimum Gasteiger partial charge on any atom is -0.361 e. The number of nitrogens with zero attached hydrogens (tertiary/aromatic N) is 7. The van der Waals surface area contributed by atoms with Gasteiger partial charge >= 0.3 is 0 Å². The molecule has 11 nitrogen and oxygen atoms in total. The molecule has 5 rings (SSSR count). The van der Waals surface area contributed by atoms with E-state index in [0.29, 0.717) is 22.9 Å². The molecule has 0 aliphatic heterocycles. The number of aromatic nitrogens is 6. The van der Waals surface area contributed by atoms with Crippen molar-refractivity contribution >= 4 is 26.8 Å². The molecule has 0 spiro atoms. The van der Waals surface area contributed by atoms with Crippen LogP contribution in [0.3, 0.4) is 0 Å². The number of hydrogen-bond donors (Lipinski definition) is 1. The van der Waals surface area contributed by atoms with Crippen molar-refractivity contribution in [2.75, 3.05) is 11.1 Å². The molecule has 1 aromatic carbocycles. The van der Waals surface area contributed by atoms with E-state index in [0.717, 1.165) is 35.4 Å². The van der Waals surface area contributed by atoms with Gasteiger partial charge in [0.05, 0.1) is 34.1 Å². The fourth-order valence-corrected chi connectivity index (χ4v) is 5.21. The molecule has 194 valence electrons. The van der Waals surface area contributed by atoms with Gasteiger partial charge in [0.25, 0.3) is 5.56 Å². The SMILES string of the molecule is Cc1ncnc(C2CC2)c1-c1ncc2nc(NCc3ccc(S(=O)(=O)CC#N)cc3)c(=O)n(C(C)C)c2n1. The van der Waals surface area contributed by atoms with Gasteiger partial charge in [0.1, 0.15) is 17.6 Å². The van der Waals surface area contributed by atoms with Crippen molar-refractivity contribution < 1.29 is 8.42 Å². The van der Waals surface area contributed by atoms with Crippen LogP contribution in [0.4, 0.5) is 5.82 Å². The van der Waals surface area contributed by atoms with Gasteiger partial charge < -0.3 is 5.32 Å². The Morgan fingerprint density at radius 1 is 1.13 bits per heavy atom. The number of sulfone groups is 1. The summed E-state index contributed by atoms with van der Waals surface area (Å²) in [6.07, 6.45) is 5.32. The summed E-state index contributed by atoms with van der Waals surface area (Å²) in [5, 5.41) is 11.8. The van der Waals surface area contributed by atoms with Crippen molar-refractivity contribution in [2.24, 2.45) is 0 Å². The van der Waals surface area contributed by atoms with E-state index in [1.54, 1.807) is 35.3 Å². The number of rotatable bonds is 8. The van der Waals surface area contributed by atoms with Crippen LogP contribution in [0, 0.1) is 18.3 Å². The Morgan fingerprint density at radius 2 is 1.87 bits per heavy atom. The molecule has 0 saturated heterocycles. The van der Waals surface area contributed by atoms with Gasteiger partial charge in [0.15, 0.2) is 27.1 Å². The smallest absolute Gasteiger partial charge is 0.295 e. The first-order valence-corrected chi connectivity index (χ1v) is 13.9. The van der Waals surface area contributed by atoms with E-state index < -0.39 is 15.6 Å². The molecule has 1 saturated carbocycles. The maximum atomic E-state index is 13.4. The number of hydrogen-bond acceptors (Lipinski definition) is 10. The predicted molar refractivity (Wildman–Crippen MR) is 141 cm³/mol. The van der Waals surface area contributed by atoms with Crippen LogP contribution in [0.25, 0.3) is 22.6 Å². The number of fused-ring (bicyclic) bond motifs is 1. The molecule has 0 unspecified atom stereocenters. The maximum absolute atomic E-state index is 13.4. The van der Waals surface area contributed by atoms with Crippen LogP contribution in [0.15, 0.2) is 46.5 Å². The number of nitrogens with one attached hydrogen (secondary N) is 1. The van der Waals surface area contributed by atoms with E-state index in [1.165, 1.54) is 12.1 Å². The Kier molecular flexibility index (Phi) is 6.62. The summed E-state index contributed by atoms with van der Waals surface area (Å²) in [5.41, 5.74) is 3.85. The number of aryl methyl sites for hydroxylation is 1. The van der Waals surface area contributed by atoms with Gasteiger partial charge in [-0.1, -0.05) is 12.1 Å². The predicted octanol–water partition coefficient (Wildman–Crippen LogP) is 3.32. The third-order valence-electron chi connectivity index (χ3n) is 6.40. The van der Waals surface area contributed by atoms with Crippen LogP contribution in [0.5, 0.6) is 0 Å². The molecule has 1 aliphatic rings. The zero-order valence-electron chi connectivity index (χ0n) is 21.2. The first-order valence-electron chi connectivity index (χ1n) is 12.2. The van der Waals surface area contributed by atoms with Gasteiger partial charge in [-0.25, -0.2) is 33.3 Å². The molecule has 4 aromatic rings. The molecule has 1 aliphatic carbocycles. The summed E-state index contributed by atoms with van der Waals surface area (Å²) in [4.78, 5) is 36.2. The van der Waals surface area contributed by atoms with Crippen LogP contribution in [0.1, 0.15) is 55.6 Å². The Hall–Kier alpha value is -4.24. The third-order valence-corrected chi connectivity index (χ3v) is 7.90. The molecule has 0 atom stereocenters. The summed E-state index contributed by atoms with van der Waals surface area (Å²) in [6, 6.07) is 7.64. The highest BCUT2D eigenvalue weighted by atomic mass is 32.2. The lowest BCUT2D eigenvalue weighted by atomic mass is 10.1. The fraction of sp³-hybridized carbons (Fsp3) is 0.346. The standard InChI is InChI=1S/C26H26N8O3S/c1-15(2)34-25-20(13-29-23(33-25)21-16(3)30-14-31-22(21)18-6-7-18)32-24(26(34)35)28-12-17-4-8-19(9-5-17)38(36,37)11-10-27/h4-5,8-9,13-15,18H,6-7,11-12H2,1-3H3,(H,28,32). The van der Waals surface area contributed by atoms with Crippen molar-refractivity contribution in [1.82, 2.24) is 29.5 Å². The van der Waals surface area contributed by atoms with Crippen molar-refractivity contribution in [3.8, 4) is 17.5 Å². The topological polar surface area (TPSA) is 156 Å². The summed E-state index contributed by atoms with van der Waals surface area (Å²) < 4.78 is 25.7. The van der Waals surface area contributed by atoms with Crippen LogP contribution in [0.2, 0.25) is 0 Å². The third kappa shape index (κ3) is 4.84. The van der Waals surface area contributed by atoms with Crippen molar-refractivity contribution in [3.05, 3.63) is 64.1 Å². The van der Waals surface area contributed by atoms with Gasteiger partial charge in [-0.3, -0.25) is 9.36 Å². The summed E-state index contributed by atoms with van der Waals surface area (Å²) >= 11 is 0. The van der Waals surface area contributed by atoms with Crippen LogP contribution in [-0.4, -0.2) is 43.7 Å². The van der Waals surface area contributed by atoms with E-state index in [-0.39, 0.29) is 28.9 Å². The van der Waals surface area contributed by atoms with Gasteiger partial charge in [-0.2, -0.15) is 5.26 Å². The molecule has 12 heteroatoms. The van der Waals surface area contributed by atoms with Gasteiger partial charge in [0, 0.05) is 18.5 Å². The maximum Gasteiger partial charge on any atom is 0.295 e. The number of nitriles is 1. The first kappa shape index (κ1) is 25.4. The second kappa shape index (κ2) is 9.90. The van der Waals surface area contributed by atoms with Crippen molar-refractivity contribution in [3.63, 3.8) is 0 Å². The molecule has 1 fully saturated rings. The zero-order chi connectivity index (χ0) is 27.0. The quantitative estimate of drug-likeness (QED) is 0.358. The van der Waals surface area contributed by atoms with Gasteiger partial charge in [-0.05, 0) is 51.3 Å². The highest BCUT2D eigenvalue weighted by Crippen LogP contribution is 2.43. The highest BCUT2D eigenvalue weighted by molar-refractivity contribution is 7.91. The van der Waals surface area contributed by atoms with Crippen LogP contribution < -0.4 is 10.9 Å². The lowest BCUT2D eigenvalue weighted by Crippen LogP contribution is -2.27. The number of anilines is 1. The van der Waals surface area contributed by atoms with Crippen molar-refractivity contribution in [1.29, 1.82) is 5.26 Å². The van der Waals surface area contributed by atoms with Crippen LogP contribution in [-0.2, 0) is 16.4 Å². The second-order valence-corrected chi connectivity index (χ2v) is 11.5. The molecular weight excluding hydrogens is 504 g/mol. The largest absolute Gasteiger partial charge is 0.361 e. The molecule has 0 bridgehead atoms. The number of benzene rings is 1. The monoisotopic (exact) mass is 530 g/mol. The van der Waals surface area contributed by atoms with E-state index in [2.05, 4.69) is 25.3 Å². The van der Waals surface area contributed by atoms with E-state index >= 15 is 0 Å². The fourth-order valence-electron chi connectivity index (χ4n) is 4.32. The lowest BCUT2D eigenvalue weighted by Gasteiger charge is -2.16. The van der Waals surface area contributed by atoms with E-state index in [4.69, 9.17) is 10.2 Å². The summed E-state index contributed by atoms with van der Waals surface area (Å²) in [7, 11) is -3.64. The molecular formula is C26H26N8O3S. The molecule has 3 heterocycles. The molecule has 38 heavy (non-hydrogen) atoms. The average Bonchev–Trinajstić information content (AvgIpc) is 3.73. The highest BCUT2D eigenvalue weighted by Gasteiger charge is 2.30. The Labute approximate surface area is 219 Å². The van der Waals surface area contributed by atoms with Gasteiger partial charge in [-0.15, -0.1) is 0 Å². The van der Waals surface area contributed by atoms with Gasteiger partial charge in [0.2, 0.25) is 0 Å². The molecule has 0 radical (unpaired) electrons. The van der Waals surface area contributed by atoms with Crippen molar-refractivity contribution in [2.45, 2.75) is 57.0 Å². The molecule has 3 aromatic heterocycles. The summed E-state index contributed by atoms with van der Waals surface area (Å²) in [6.45, 7) is 5.95. The summed E-state index contributed by atoms with van der Waals surface area (Å²) in [5.74, 6) is 0.411. The minimum atomic E-state index is -3.64. The second-order valence-electron chi connectivity index (χ2n) is 9.54. The molecule has 0 amide bonds. The average molecular weight is 531 g/mol. The van der Waals surface area contributed by atoms with E-state index in [9.17, 15) is 13.2 Å². The van der Waals surface area contributed by atoms with Crippen LogP contribution >= 0.6 is 0 Å². The minimum absolute atomic E-state index is 0.0747. The Bertz CT molecular complexity index is 1740. The van der Waals surface area contributed by atoms with E-state index in [1.807, 2.05) is 20.8 Å². The zero-order valence-corrected chi connectivity index (χ0v) is 22.0. The first-order chi connectivity index (χ1) is 18.2. The Balaban J connectivity index is 1.49.